The Kier molecular flexibility index (Phi) is 3.88. The summed E-state index contributed by atoms with van der Waals surface area (Å²) in [6, 6.07) is 0. The van der Waals surface area contributed by atoms with Crippen molar-refractivity contribution in [3.05, 3.63) is 0 Å². The van der Waals surface area contributed by atoms with Crippen LogP contribution >= 0.6 is 0 Å². The van der Waals surface area contributed by atoms with Gasteiger partial charge in [0.25, 0.3) is 0 Å². The second kappa shape index (κ2) is 4.95. The maximum absolute atomic E-state index is 11.3. The van der Waals surface area contributed by atoms with E-state index in [4.69, 9.17) is 10.2 Å². The second-order valence-corrected chi connectivity index (χ2v) is 3.59. The highest BCUT2D eigenvalue weighted by atomic mass is 16.4. The molecule has 0 aromatic rings. The lowest BCUT2D eigenvalue weighted by Gasteiger charge is -2.15. The van der Waals surface area contributed by atoms with Gasteiger partial charge in [-0.3, -0.25) is 9.59 Å². The number of aliphatic carboxylic acids is 1. The lowest BCUT2D eigenvalue weighted by atomic mass is 10.1. The molecule has 5 heteroatoms. The van der Waals surface area contributed by atoms with Crippen LogP contribution in [0.1, 0.15) is 19.3 Å². The van der Waals surface area contributed by atoms with Crippen molar-refractivity contribution in [2.45, 2.75) is 19.3 Å². The summed E-state index contributed by atoms with van der Waals surface area (Å²) in [5, 5.41) is 17.3. The van der Waals surface area contributed by atoms with Gasteiger partial charge in [0, 0.05) is 38.5 Å². The van der Waals surface area contributed by atoms with Gasteiger partial charge in [-0.25, -0.2) is 0 Å². The summed E-state index contributed by atoms with van der Waals surface area (Å²) in [5.41, 5.74) is 0. The molecule has 5 nitrogen and oxygen atoms in total. The fourth-order valence-corrected chi connectivity index (χ4v) is 1.61. The molecule has 1 fully saturated rings. The summed E-state index contributed by atoms with van der Waals surface area (Å²) in [5.74, 6) is -0.780. The van der Waals surface area contributed by atoms with Crippen LogP contribution in [-0.2, 0) is 9.59 Å². The molecule has 1 atom stereocenters. The molecule has 0 radical (unpaired) electrons. The van der Waals surface area contributed by atoms with Crippen molar-refractivity contribution in [3.8, 4) is 0 Å². The van der Waals surface area contributed by atoms with E-state index in [1.54, 1.807) is 4.90 Å². The Labute approximate surface area is 82.3 Å². The van der Waals surface area contributed by atoms with E-state index >= 15 is 0 Å². The first-order chi connectivity index (χ1) is 6.63. The first kappa shape index (κ1) is 11.0. The number of carbonyl (C=O) groups excluding carboxylic acids is 1. The van der Waals surface area contributed by atoms with Crippen molar-refractivity contribution in [3.63, 3.8) is 0 Å². The first-order valence-electron chi connectivity index (χ1n) is 4.74. The largest absolute Gasteiger partial charge is 0.481 e. The smallest absolute Gasteiger partial charge is 0.303 e. The van der Waals surface area contributed by atoms with Crippen molar-refractivity contribution in [2.75, 3.05) is 19.7 Å². The van der Waals surface area contributed by atoms with Gasteiger partial charge in [0.2, 0.25) is 5.91 Å². The maximum Gasteiger partial charge on any atom is 0.303 e. The predicted octanol–water partition coefficient (Wildman–Crippen LogP) is -0.308. The van der Waals surface area contributed by atoms with E-state index in [-0.39, 0.29) is 24.9 Å². The average molecular weight is 201 g/mol. The highest BCUT2D eigenvalue weighted by Crippen LogP contribution is 2.17. The van der Waals surface area contributed by atoms with Crippen molar-refractivity contribution in [2.24, 2.45) is 5.92 Å². The number of aliphatic hydroxyl groups is 1. The Hall–Kier alpha value is -1.10. The number of aliphatic hydroxyl groups excluding tert-OH is 1. The van der Waals surface area contributed by atoms with E-state index < -0.39 is 5.97 Å². The summed E-state index contributed by atoms with van der Waals surface area (Å²) >= 11 is 0. The lowest BCUT2D eigenvalue weighted by molar-refractivity contribution is -0.137. The third-order valence-corrected chi connectivity index (χ3v) is 2.37. The zero-order chi connectivity index (χ0) is 10.6. The molecule has 2 N–H and O–H groups in total. The number of carboxylic acids is 1. The van der Waals surface area contributed by atoms with Crippen LogP contribution in [0.15, 0.2) is 0 Å². The van der Waals surface area contributed by atoms with Gasteiger partial charge in [0.1, 0.15) is 0 Å². The standard InChI is InChI=1S/C9H15NO4/c11-6-7-4-8(12)10(5-7)3-1-2-9(13)14/h7,11H,1-6H2,(H,13,14). The molecule has 1 aliphatic rings. The topological polar surface area (TPSA) is 77.8 Å². The summed E-state index contributed by atoms with van der Waals surface area (Å²) in [6.45, 7) is 1.08. The number of hydrogen-bond acceptors (Lipinski definition) is 3. The summed E-state index contributed by atoms with van der Waals surface area (Å²) in [6.07, 6.45) is 0.969. The van der Waals surface area contributed by atoms with E-state index in [1.807, 2.05) is 0 Å². The molecule has 14 heavy (non-hydrogen) atoms. The van der Waals surface area contributed by atoms with Crippen molar-refractivity contribution >= 4 is 11.9 Å². The van der Waals surface area contributed by atoms with Crippen molar-refractivity contribution in [1.29, 1.82) is 0 Å². The Morgan fingerprint density at radius 3 is 2.79 bits per heavy atom. The quantitative estimate of drug-likeness (QED) is 0.639. The minimum atomic E-state index is -0.838. The van der Waals surface area contributed by atoms with Gasteiger partial charge in [-0.2, -0.15) is 0 Å². The summed E-state index contributed by atoms with van der Waals surface area (Å²) in [7, 11) is 0. The number of likely N-dealkylation sites (tertiary alicyclic amines) is 1. The van der Waals surface area contributed by atoms with Crippen LogP contribution in [0.2, 0.25) is 0 Å². The highest BCUT2D eigenvalue weighted by molar-refractivity contribution is 5.78. The van der Waals surface area contributed by atoms with Crippen LogP contribution in [0.5, 0.6) is 0 Å². The molecule has 1 amide bonds. The van der Waals surface area contributed by atoms with Crippen molar-refractivity contribution < 1.29 is 19.8 Å². The number of hydrogen-bond donors (Lipinski definition) is 2. The molecule has 1 aliphatic heterocycles. The Balaban J connectivity index is 2.25. The molecule has 1 saturated heterocycles. The van der Waals surface area contributed by atoms with E-state index in [0.717, 1.165) is 0 Å². The molecule has 0 saturated carbocycles. The molecule has 0 aromatic heterocycles. The highest BCUT2D eigenvalue weighted by Gasteiger charge is 2.28. The number of rotatable bonds is 5. The van der Waals surface area contributed by atoms with Crippen LogP contribution in [0.25, 0.3) is 0 Å². The van der Waals surface area contributed by atoms with E-state index in [1.165, 1.54) is 0 Å². The Bertz CT molecular complexity index is 229. The van der Waals surface area contributed by atoms with Gasteiger partial charge < -0.3 is 15.1 Å². The normalized spacial score (nSPS) is 21.6. The SMILES string of the molecule is O=C(O)CCCN1CC(CO)CC1=O. The molecule has 0 bridgehead atoms. The maximum atomic E-state index is 11.3. The van der Waals surface area contributed by atoms with Crippen LogP contribution in [0.3, 0.4) is 0 Å². The van der Waals surface area contributed by atoms with E-state index in [9.17, 15) is 9.59 Å². The molecule has 80 valence electrons. The van der Waals surface area contributed by atoms with Crippen LogP contribution < -0.4 is 0 Å². The van der Waals surface area contributed by atoms with Gasteiger partial charge >= 0.3 is 5.97 Å². The first-order valence-corrected chi connectivity index (χ1v) is 4.74. The molecular weight excluding hydrogens is 186 g/mol. The Morgan fingerprint density at radius 1 is 1.57 bits per heavy atom. The predicted molar refractivity (Wildman–Crippen MR) is 48.6 cm³/mol. The van der Waals surface area contributed by atoms with Crippen LogP contribution in [0, 0.1) is 5.92 Å². The third-order valence-electron chi connectivity index (χ3n) is 2.37. The van der Waals surface area contributed by atoms with Gasteiger partial charge in [-0.05, 0) is 6.42 Å². The zero-order valence-corrected chi connectivity index (χ0v) is 7.98. The second-order valence-electron chi connectivity index (χ2n) is 3.59. The molecule has 1 rings (SSSR count). The van der Waals surface area contributed by atoms with E-state index in [2.05, 4.69) is 0 Å². The van der Waals surface area contributed by atoms with Gasteiger partial charge in [0.05, 0.1) is 0 Å². The fraction of sp³-hybridized carbons (Fsp3) is 0.778. The molecule has 1 heterocycles. The molecule has 0 aromatic carbocycles. The fourth-order valence-electron chi connectivity index (χ4n) is 1.61. The number of amides is 1. The molecule has 0 aliphatic carbocycles. The summed E-state index contributed by atoms with van der Waals surface area (Å²) in [4.78, 5) is 23.1. The van der Waals surface area contributed by atoms with E-state index in [0.29, 0.717) is 25.9 Å². The number of carbonyl (C=O) groups is 2. The molecule has 0 spiro atoms. The minimum absolute atomic E-state index is 0.0226. The van der Waals surface area contributed by atoms with Crippen LogP contribution in [0.4, 0.5) is 0 Å². The lowest BCUT2D eigenvalue weighted by Crippen LogP contribution is -2.27. The molecular formula is C9H15NO4. The molecule has 1 unspecified atom stereocenters. The number of nitrogens with zero attached hydrogens (tertiary/aromatic N) is 1. The van der Waals surface area contributed by atoms with Gasteiger partial charge in [-0.1, -0.05) is 0 Å². The van der Waals surface area contributed by atoms with Gasteiger partial charge in [-0.15, -0.1) is 0 Å². The van der Waals surface area contributed by atoms with Crippen LogP contribution in [-0.4, -0.2) is 46.7 Å². The minimum Gasteiger partial charge on any atom is -0.481 e. The van der Waals surface area contributed by atoms with Crippen molar-refractivity contribution in [1.82, 2.24) is 4.90 Å². The average Bonchev–Trinajstić information content (AvgIpc) is 2.47. The zero-order valence-electron chi connectivity index (χ0n) is 7.98. The monoisotopic (exact) mass is 201 g/mol. The third kappa shape index (κ3) is 2.99. The van der Waals surface area contributed by atoms with Gasteiger partial charge in [0.15, 0.2) is 0 Å². The Morgan fingerprint density at radius 2 is 2.29 bits per heavy atom. The summed E-state index contributed by atoms with van der Waals surface area (Å²) < 4.78 is 0. The number of carboxylic acid groups (broad SMARTS) is 1.